The van der Waals surface area contributed by atoms with Gasteiger partial charge in [-0.2, -0.15) is 4.98 Å². The standard InChI is InChI=1S/C9H10N4O/c1-5-3-2-4-6-7(5)8(13-10)12-9(14)11-6/h2-4H,10H2,1H3,(H2,11,12,13,14). The molecule has 0 fully saturated rings. The van der Waals surface area contributed by atoms with Crippen LogP contribution in [0.2, 0.25) is 0 Å². The number of nitrogens with zero attached hydrogens (tertiary/aromatic N) is 1. The lowest BCUT2D eigenvalue weighted by Crippen LogP contribution is -2.17. The number of fused-ring (bicyclic) bond motifs is 1. The van der Waals surface area contributed by atoms with Crippen LogP contribution in [0.25, 0.3) is 10.9 Å². The number of aromatic amines is 1. The number of aromatic nitrogens is 2. The molecule has 0 spiro atoms. The van der Waals surface area contributed by atoms with Crippen LogP contribution >= 0.6 is 0 Å². The summed E-state index contributed by atoms with van der Waals surface area (Å²) in [4.78, 5) is 17.5. The van der Waals surface area contributed by atoms with E-state index in [-0.39, 0.29) is 0 Å². The van der Waals surface area contributed by atoms with Gasteiger partial charge < -0.3 is 10.4 Å². The highest BCUT2D eigenvalue weighted by Crippen LogP contribution is 2.20. The fourth-order valence-electron chi connectivity index (χ4n) is 1.49. The van der Waals surface area contributed by atoms with Gasteiger partial charge in [0.1, 0.15) is 0 Å². The van der Waals surface area contributed by atoms with Gasteiger partial charge in [-0.25, -0.2) is 10.6 Å². The molecule has 0 atom stereocenters. The summed E-state index contributed by atoms with van der Waals surface area (Å²) in [6.07, 6.45) is 0. The van der Waals surface area contributed by atoms with Crippen LogP contribution in [0.15, 0.2) is 23.0 Å². The first-order chi connectivity index (χ1) is 6.72. The van der Waals surface area contributed by atoms with Crippen LogP contribution in [0.3, 0.4) is 0 Å². The molecular formula is C9H10N4O. The maximum atomic E-state index is 11.1. The number of hydrazine groups is 1. The van der Waals surface area contributed by atoms with Crippen molar-refractivity contribution in [2.75, 3.05) is 5.43 Å². The Bertz CT molecular complexity index is 532. The Hall–Kier alpha value is -1.88. The van der Waals surface area contributed by atoms with Crippen LogP contribution < -0.4 is 17.0 Å². The van der Waals surface area contributed by atoms with E-state index >= 15 is 0 Å². The number of nitrogens with one attached hydrogen (secondary N) is 2. The van der Waals surface area contributed by atoms with Crippen molar-refractivity contribution in [3.63, 3.8) is 0 Å². The van der Waals surface area contributed by atoms with E-state index in [1.54, 1.807) is 0 Å². The van der Waals surface area contributed by atoms with Crippen molar-refractivity contribution in [2.24, 2.45) is 5.84 Å². The average molecular weight is 190 g/mol. The van der Waals surface area contributed by atoms with Crippen molar-refractivity contribution in [3.8, 4) is 0 Å². The van der Waals surface area contributed by atoms with Crippen molar-refractivity contribution >= 4 is 16.7 Å². The predicted octanol–water partition coefficient (Wildman–Crippen LogP) is 0.517. The molecule has 0 aliphatic rings. The van der Waals surface area contributed by atoms with Gasteiger partial charge in [0, 0.05) is 5.39 Å². The van der Waals surface area contributed by atoms with Crippen LogP contribution in [-0.4, -0.2) is 9.97 Å². The number of hydrogen-bond acceptors (Lipinski definition) is 4. The minimum Gasteiger partial charge on any atom is -0.308 e. The first kappa shape index (κ1) is 8.71. The number of anilines is 1. The summed E-state index contributed by atoms with van der Waals surface area (Å²) < 4.78 is 0. The SMILES string of the molecule is Cc1cccc2[nH]c(=O)nc(NN)c12. The number of rotatable bonds is 1. The zero-order valence-electron chi connectivity index (χ0n) is 7.66. The topological polar surface area (TPSA) is 83.8 Å². The van der Waals surface area contributed by atoms with Crippen LogP contribution in [-0.2, 0) is 0 Å². The Labute approximate surface area is 79.9 Å². The Morgan fingerprint density at radius 1 is 1.50 bits per heavy atom. The summed E-state index contributed by atoms with van der Waals surface area (Å²) in [6, 6.07) is 5.61. The van der Waals surface area contributed by atoms with Gasteiger partial charge in [0.25, 0.3) is 0 Å². The quantitative estimate of drug-likeness (QED) is 0.452. The molecule has 0 unspecified atom stereocenters. The molecule has 0 aliphatic heterocycles. The van der Waals surface area contributed by atoms with Gasteiger partial charge in [0.05, 0.1) is 5.52 Å². The van der Waals surface area contributed by atoms with E-state index in [9.17, 15) is 4.79 Å². The lowest BCUT2D eigenvalue weighted by atomic mass is 10.1. The summed E-state index contributed by atoms with van der Waals surface area (Å²) in [5, 5.41) is 0.842. The fourth-order valence-corrected chi connectivity index (χ4v) is 1.49. The third-order valence-corrected chi connectivity index (χ3v) is 2.10. The summed E-state index contributed by atoms with van der Waals surface area (Å²) >= 11 is 0. The molecule has 4 N–H and O–H groups in total. The van der Waals surface area contributed by atoms with Gasteiger partial charge in [0.15, 0.2) is 5.82 Å². The van der Waals surface area contributed by atoms with Gasteiger partial charge in [-0.1, -0.05) is 12.1 Å². The molecule has 0 saturated heterocycles. The average Bonchev–Trinajstić information content (AvgIpc) is 2.16. The van der Waals surface area contributed by atoms with Crippen molar-refractivity contribution in [1.82, 2.24) is 9.97 Å². The van der Waals surface area contributed by atoms with Crippen molar-refractivity contribution in [3.05, 3.63) is 34.2 Å². The van der Waals surface area contributed by atoms with E-state index in [0.29, 0.717) is 5.82 Å². The number of aryl methyl sites for hydroxylation is 1. The smallest absolute Gasteiger partial charge is 0.308 e. The lowest BCUT2D eigenvalue weighted by Gasteiger charge is -2.05. The van der Waals surface area contributed by atoms with E-state index in [4.69, 9.17) is 5.84 Å². The normalized spacial score (nSPS) is 10.4. The zero-order valence-corrected chi connectivity index (χ0v) is 7.66. The van der Waals surface area contributed by atoms with Gasteiger partial charge in [-0.3, -0.25) is 0 Å². The van der Waals surface area contributed by atoms with E-state index in [0.717, 1.165) is 16.5 Å². The van der Waals surface area contributed by atoms with Crippen LogP contribution in [0.1, 0.15) is 5.56 Å². The molecule has 1 aromatic carbocycles. The third kappa shape index (κ3) is 1.23. The minimum atomic E-state index is -0.406. The van der Waals surface area contributed by atoms with E-state index in [1.807, 2.05) is 25.1 Å². The molecule has 14 heavy (non-hydrogen) atoms. The molecule has 2 aromatic rings. The molecule has 0 amide bonds. The molecule has 1 aromatic heterocycles. The molecule has 2 rings (SSSR count). The summed E-state index contributed by atoms with van der Waals surface area (Å²) in [5.41, 5.74) is 3.76. The molecular weight excluding hydrogens is 180 g/mol. The Balaban J connectivity index is 2.96. The molecule has 1 heterocycles. The Morgan fingerprint density at radius 2 is 2.29 bits per heavy atom. The number of nitrogens with two attached hydrogens (primary N) is 1. The summed E-state index contributed by atoms with van der Waals surface area (Å²) in [7, 11) is 0. The molecule has 72 valence electrons. The van der Waals surface area contributed by atoms with E-state index in [2.05, 4.69) is 15.4 Å². The van der Waals surface area contributed by atoms with E-state index < -0.39 is 5.69 Å². The minimum absolute atomic E-state index is 0.404. The monoisotopic (exact) mass is 190 g/mol. The van der Waals surface area contributed by atoms with Crippen LogP contribution in [0.5, 0.6) is 0 Å². The fraction of sp³-hybridized carbons (Fsp3) is 0.111. The number of benzene rings is 1. The maximum absolute atomic E-state index is 11.1. The molecule has 5 heteroatoms. The largest absolute Gasteiger partial charge is 0.347 e. The number of nitrogen functional groups attached to an aromatic ring is 1. The summed E-state index contributed by atoms with van der Waals surface area (Å²) in [5.74, 6) is 5.69. The first-order valence-electron chi connectivity index (χ1n) is 4.18. The molecule has 5 nitrogen and oxygen atoms in total. The zero-order chi connectivity index (χ0) is 10.1. The van der Waals surface area contributed by atoms with Crippen molar-refractivity contribution in [2.45, 2.75) is 6.92 Å². The first-order valence-corrected chi connectivity index (χ1v) is 4.18. The van der Waals surface area contributed by atoms with Crippen molar-refractivity contribution < 1.29 is 0 Å². The third-order valence-electron chi connectivity index (χ3n) is 2.10. The lowest BCUT2D eigenvalue weighted by molar-refractivity contribution is 1.10. The highest BCUT2D eigenvalue weighted by atomic mass is 16.1. The Morgan fingerprint density at radius 3 is 3.00 bits per heavy atom. The van der Waals surface area contributed by atoms with Crippen LogP contribution in [0, 0.1) is 6.92 Å². The number of hydrogen-bond donors (Lipinski definition) is 3. The highest BCUT2D eigenvalue weighted by Gasteiger charge is 2.05. The van der Waals surface area contributed by atoms with Gasteiger partial charge in [-0.15, -0.1) is 0 Å². The molecule has 0 saturated carbocycles. The van der Waals surface area contributed by atoms with Crippen LogP contribution in [0.4, 0.5) is 5.82 Å². The molecule has 0 bridgehead atoms. The van der Waals surface area contributed by atoms with E-state index in [1.165, 1.54) is 0 Å². The number of H-pyrrole nitrogens is 1. The second-order valence-electron chi connectivity index (χ2n) is 3.03. The highest BCUT2D eigenvalue weighted by molar-refractivity contribution is 5.91. The molecule has 0 aliphatic carbocycles. The van der Waals surface area contributed by atoms with Gasteiger partial charge in [0.2, 0.25) is 0 Å². The molecule has 0 radical (unpaired) electrons. The van der Waals surface area contributed by atoms with Gasteiger partial charge in [-0.05, 0) is 18.6 Å². The predicted molar refractivity (Wildman–Crippen MR) is 54.9 cm³/mol. The van der Waals surface area contributed by atoms with Crippen molar-refractivity contribution in [1.29, 1.82) is 0 Å². The second-order valence-corrected chi connectivity index (χ2v) is 3.03. The Kier molecular flexibility index (Phi) is 1.94. The maximum Gasteiger partial charge on any atom is 0.347 e. The van der Waals surface area contributed by atoms with Gasteiger partial charge >= 0.3 is 5.69 Å². The second kappa shape index (κ2) is 3.12. The summed E-state index contributed by atoms with van der Waals surface area (Å²) in [6.45, 7) is 1.93.